The van der Waals surface area contributed by atoms with E-state index >= 15 is 0 Å². The fourth-order valence-corrected chi connectivity index (χ4v) is 1.22. The highest BCUT2D eigenvalue weighted by molar-refractivity contribution is 5.77. The molecule has 0 radical (unpaired) electrons. The molecule has 2 heterocycles. The minimum Gasteiger partial charge on any atom is -0.355 e. The van der Waals surface area contributed by atoms with E-state index in [1.807, 2.05) is 6.07 Å². The van der Waals surface area contributed by atoms with Crippen LogP contribution in [0.25, 0.3) is 11.0 Å². The first-order valence-corrected chi connectivity index (χ1v) is 3.73. The van der Waals surface area contributed by atoms with E-state index in [-0.39, 0.29) is 12.0 Å². The van der Waals surface area contributed by atoms with Gasteiger partial charge in [-0.3, -0.25) is 4.79 Å². The minimum atomic E-state index is -0.214. The summed E-state index contributed by atoms with van der Waals surface area (Å²) in [5.74, 6) is 0. The van der Waals surface area contributed by atoms with Crippen LogP contribution in [0.2, 0.25) is 0 Å². The Balaban J connectivity index is 2.77. The third kappa shape index (κ3) is 1.08. The van der Waals surface area contributed by atoms with Gasteiger partial charge in [0.2, 0.25) is 0 Å². The first-order chi connectivity index (χ1) is 6.33. The molecule has 2 N–H and O–H groups in total. The van der Waals surface area contributed by atoms with E-state index in [1.54, 1.807) is 6.20 Å². The lowest BCUT2D eigenvalue weighted by Gasteiger charge is -1.88. The highest BCUT2D eigenvalue weighted by Crippen LogP contribution is 2.10. The molecule has 64 valence electrons. The van der Waals surface area contributed by atoms with Crippen LogP contribution in [0.15, 0.2) is 17.3 Å². The van der Waals surface area contributed by atoms with Crippen LogP contribution in [0, 0.1) is 11.3 Å². The number of hydrogen-bond donors (Lipinski definition) is 2. The largest absolute Gasteiger partial charge is 0.355 e. The molecule has 0 spiro atoms. The summed E-state index contributed by atoms with van der Waals surface area (Å²) in [6.45, 7) is 0. The summed E-state index contributed by atoms with van der Waals surface area (Å²) >= 11 is 0. The lowest BCUT2D eigenvalue weighted by molar-refractivity contribution is 1.16. The highest BCUT2D eigenvalue weighted by atomic mass is 16.1. The van der Waals surface area contributed by atoms with E-state index in [1.165, 1.54) is 6.33 Å². The van der Waals surface area contributed by atoms with Gasteiger partial charge >= 0.3 is 0 Å². The molecular weight excluding hydrogens is 168 g/mol. The maximum absolute atomic E-state index is 11.2. The molecule has 0 atom stereocenters. The zero-order valence-electron chi connectivity index (χ0n) is 6.66. The number of aromatic nitrogens is 3. The Morgan fingerprint density at radius 3 is 3.15 bits per heavy atom. The van der Waals surface area contributed by atoms with Gasteiger partial charge in [-0.05, 0) is 0 Å². The fraction of sp³-hybridized carbons (Fsp3) is 0.125. The molecule has 0 saturated heterocycles. The molecule has 2 aromatic rings. The van der Waals surface area contributed by atoms with Crippen molar-refractivity contribution in [3.63, 3.8) is 0 Å². The second-order valence-electron chi connectivity index (χ2n) is 2.60. The number of rotatable bonds is 1. The van der Waals surface area contributed by atoms with Gasteiger partial charge in [-0.15, -0.1) is 0 Å². The summed E-state index contributed by atoms with van der Waals surface area (Å²) in [6.07, 6.45) is 3.23. The molecule has 0 aliphatic carbocycles. The summed E-state index contributed by atoms with van der Waals surface area (Å²) in [6, 6.07) is 2.01. The van der Waals surface area contributed by atoms with Crippen molar-refractivity contribution >= 4 is 11.0 Å². The van der Waals surface area contributed by atoms with Crippen molar-refractivity contribution in [1.29, 1.82) is 5.26 Å². The van der Waals surface area contributed by atoms with Gasteiger partial charge in [0, 0.05) is 11.8 Å². The van der Waals surface area contributed by atoms with Crippen LogP contribution in [0.4, 0.5) is 0 Å². The lowest BCUT2D eigenvalue weighted by atomic mass is 10.2. The van der Waals surface area contributed by atoms with Gasteiger partial charge in [0.1, 0.15) is 5.52 Å². The molecule has 2 aromatic heterocycles. The van der Waals surface area contributed by atoms with E-state index in [4.69, 9.17) is 5.26 Å². The Hall–Kier alpha value is -2.09. The third-order valence-corrected chi connectivity index (χ3v) is 1.82. The van der Waals surface area contributed by atoms with Crippen LogP contribution in [0.3, 0.4) is 0 Å². The smallest absolute Gasteiger partial charge is 0.275 e. The molecule has 0 bridgehead atoms. The van der Waals surface area contributed by atoms with E-state index < -0.39 is 0 Å². The van der Waals surface area contributed by atoms with Crippen LogP contribution >= 0.6 is 0 Å². The van der Waals surface area contributed by atoms with Crippen LogP contribution in [0.5, 0.6) is 0 Å². The van der Waals surface area contributed by atoms with Gasteiger partial charge in [0.05, 0.1) is 24.3 Å². The number of nitrogens with zero attached hydrogens (tertiary/aromatic N) is 2. The second-order valence-corrected chi connectivity index (χ2v) is 2.60. The molecule has 5 heteroatoms. The average molecular weight is 174 g/mol. The molecule has 0 saturated carbocycles. The second kappa shape index (κ2) is 2.75. The van der Waals surface area contributed by atoms with Gasteiger partial charge in [-0.2, -0.15) is 5.26 Å². The zero-order chi connectivity index (χ0) is 9.26. The van der Waals surface area contributed by atoms with Crippen molar-refractivity contribution in [2.45, 2.75) is 6.42 Å². The molecule has 13 heavy (non-hydrogen) atoms. The first-order valence-electron chi connectivity index (χ1n) is 3.73. The molecular formula is C8H6N4O. The Morgan fingerprint density at radius 2 is 2.38 bits per heavy atom. The van der Waals surface area contributed by atoms with E-state index in [0.717, 1.165) is 5.56 Å². The lowest BCUT2D eigenvalue weighted by Crippen LogP contribution is -2.05. The van der Waals surface area contributed by atoms with Gasteiger partial charge in [-0.1, -0.05) is 0 Å². The summed E-state index contributed by atoms with van der Waals surface area (Å²) in [5, 5.41) is 8.49. The van der Waals surface area contributed by atoms with Gasteiger partial charge in [-0.25, -0.2) is 4.98 Å². The van der Waals surface area contributed by atoms with Crippen LogP contribution in [0.1, 0.15) is 5.56 Å². The number of nitriles is 1. The summed E-state index contributed by atoms with van der Waals surface area (Å²) < 4.78 is 0. The van der Waals surface area contributed by atoms with Crippen molar-refractivity contribution in [3.8, 4) is 6.07 Å². The predicted octanol–water partition coefficient (Wildman–Crippen LogP) is 0.317. The van der Waals surface area contributed by atoms with Crippen molar-refractivity contribution < 1.29 is 0 Å². The number of hydrogen-bond acceptors (Lipinski definition) is 3. The van der Waals surface area contributed by atoms with Crippen LogP contribution in [-0.2, 0) is 6.42 Å². The molecule has 0 aromatic carbocycles. The van der Waals surface area contributed by atoms with Gasteiger partial charge < -0.3 is 9.97 Å². The Labute approximate surface area is 73.0 Å². The molecule has 0 fully saturated rings. The number of nitrogens with one attached hydrogen (secondary N) is 2. The molecule has 0 aliphatic heterocycles. The third-order valence-electron chi connectivity index (χ3n) is 1.82. The van der Waals surface area contributed by atoms with Crippen molar-refractivity contribution in [2.24, 2.45) is 0 Å². The molecule has 5 nitrogen and oxygen atoms in total. The monoisotopic (exact) mass is 174 g/mol. The first kappa shape index (κ1) is 7.55. The Bertz CT molecular complexity index is 531. The van der Waals surface area contributed by atoms with E-state index in [2.05, 4.69) is 15.0 Å². The van der Waals surface area contributed by atoms with Gasteiger partial charge in [0.25, 0.3) is 5.56 Å². The SMILES string of the molecule is N#CCc1c[nH]c2c(=O)[nH]cnc12. The number of aromatic amines is 2. The normalized spacial score (nSPS) is 10.1. The standard InChI is InChI=1S/C8H6N4O/c9-2-1-5-3-10-7-6(5)11-4-12-8(7)13/h3-4,10H,1H2,(H,11,12,13). The predicted molar refractivity (Wildman–Crippen MR) is 46.0 cm³/mol. The molecule has 0 amide bonds. The Morgan fingerprint density at radius 1 is 1.54 bits per heavy atom. The topological polar surface area (TPSA) is 85.3 Å². The van der Waals surface area contributed by atoms with Crippen LogP contribution in [-0.4, -0.2) is 15.0 Å². The van der Waals surface area contributed by atoms with Crippen molar-refractivity contribution in [1.82, 2.24) is 15.0 Å². The van der Waals surface area contributed by atoms with Gasteiger partial charge in [0.15, 0.2) is 0 Å². The van der Waals surface area contributed by atoms with E-state index in [0.29, 0.717) is 11.0 Å². The van der Waals surface area contributed by atoms with Crippen LogP contribution < -0.4 is 5.56 Å². The maximum Gasteiger partial charge on any atom is 0.275 e. The summed E-state index contributed by atoms with van der Waals surface area (Å²) in [5.41, 5.74) is 1.54. The molecule has 0 aliphatic rings. The number of fused-ring (bicyclic) bond motifs is 1. The number of H-pyrrole nitrogens is 2. The molecule has 2 rings (SSSR count). The van der Waals surface area contributed by atoms with E-state index in [9.17, 15) is 4.79 Å². The van der Waals surface area contributed by atoms with Crippen molar-refractivity contribution in [3.05, 3.63) is 28.4 Å². The zero-order valence-corrected chi connectivity index (χ0v) is 6.66. The highest BCUT2D eigenvalue weighted by Gasteiger charge is 2.06. The fourth-order valence-electron chi connectivity index (χ4n) is 1.22. The quantitative estimate of drug-likeness (QED) is 0.652. The summed E-state index contributed by atoms with van der Waals surface area (Å²) in [4.78, 5) is 20.4. The molecule has 0 unspecified atom stereocenters. The maximum atomic E-state index is 11.2. The van der Waals surface area contributed by atoms with Crippen molar-refractivity contribution in [2.75, 3.05) is 0 Å². The average Bonchev–Trinajstić information content (AvgIpc) is 2.51. The minimum absolute atomic E-state index is 0.214. The summed E-state index contributed by atoms with van der Waals surface area (Å²) in [7, 11) is 0. The Kier molecular flexibility index (Phi) is 1.60.